The standard InChI is InChI=1S/C17H31N3O3/c1-13(2)4-8-18-17(22)20(15-6-10-23-11-7-15)16-5-9-19(12-16)14(3)21/h13,15-16H,4-12H2,1-3H3,(H,18,22). The van der Waals surface area contributed by atoms with Crippen LogP contribution in [0.25, 0.3) is 0 Å². The number of hydrogen-bond donors (Lipinski definition) is 1. The van der Waals surface area contributed by atoms with Crippen LogP contribution in [-0.2, 0) is 9.53 Å². The van der Waals surface area contributed by atoms with Gasteiger partial charge in [0.2, 0.25) is 5.91 Å². The molecule has 0 bridgehead atoms. The molecule has 1 unspecified atom stereocenters. The van der Waals surface area contributed by atoms with Crippen LogP contribution in [0.2, 0.25) is 0 Å². The Balaban J connectivity index is 1.99. The van der Waals surface area contributed by atoms with Gasteiger partial charge in [-0.3, -0.25) is 4.79 Å². The molecule has 2 rings (SSSR count). The molecule has 132 valence electrons. The fourth-order valence-corrected chi connectivity index (χ4v) is 3.41. The summed E-state index contributed by atoms with van der Waals surface area (Å²) < 4.78 is 5.44. The summed E-state index contributed by atoms with van der Waals surface area (Å²) in [4.78, 5) is 28.2. The Morgan fingerprint density at radius 1 is 1.22 bits per heavy atom. The number of nitrogens with zero attached hydrogens (tertiary/aromatic N) is 2. The number of amides is 3. The monoisotopic (exact) mass is 325 g/mol. The first kappa shape index (κ1) is 18.0. The third-order valence-electron chi connectivity index (χ3n) is 4.82. The smallest absolute Gasteiger partial charge is 0.317 e. The SMILES string of the molecule is CC(=O)N1CCC(N(C(=O)NCCC(C)C)C2CCOCC2)C1. The zero-order chi connectivity index (χ0) is 16.8. The van der Waals surface area contributed by atoms with Gasteiger partial charge in [-0.2, -0.15) is 0 Å². The van der Waals surface area contributed by atoms with E-state index in [-0.39, 0.29) is 24.0 Å². The highest BCUT2D eigenvalue weighted by molar-refractivity contribution is 5.76. The fourth-order valence-electron chi connectivity index (χ4n) is 3.41. The van der Waals surface area contributed by atoms with Crippen molar-refractivity contribution in [1.29, 1.82) is 0 Å². The van der Waals surface area contributed by atoms with Crippen LogP contribution >= 0.6 is 0 Å². The third kappa shape index (κ3) is 5.09. The summed E-state index contributed by atoms with van der Waals surface area (Å²) >= 11 is 0. The molecule has 2 fully saturated rings. The Kier molecular flexibility index (Phi) is 6.69. The lowest BCUT2D eigenvalue weighted by atomic mass is 10.0. The number of rotatable bonds is 5. The van der Waals surface area contributed by atoms with Gasteiger partial charge in [0.1, 0.15) is 0 Å². The third-order valence-corrected chi connectivity index (χ3v) is 4.82. The van der Waals surface area contributed by atoms with Gasteiger partial charge < -0.3 is 19.9 Å². The molecule has 6 nitrogen and oxygen atoms in total. The Hall–Kier alpha value is -1.30. The van der Waals surface area contributed by atoms with Crippen LogP contribution in [0.5, 0.6) is 0 Å². The lowest BCUT2D eigenvalue weighted by molar-refractivity contribution is -0.128. The normalized spacial score (nSPS) is 22.4. The number of carbonyl (C=O) groups excluding carboxylic acids is 2. The predicted molar refractivity (Wildman–Crippen MR) is 89.2 cm³/mol. The van der Waals surface area contributed by atoms with Crippen LogP contribution in [0.4, 0.5) is 4.79 Å². The topological polar surface area (TPSA) is 61.9 Å². The second-order valence-corrected chi connectivity index (χ2v) is 7.07. The van der Waals surface area contributed by atoms with E-state index in [0.717, 1.165) is 32.2 Å². The minimum atomic E-state index is 0.0213. The fraction of sp³-hybridized carbons (Fsp3) is 0.882. The van der Waals surface area contributed by atoms with E-state index in [1.807, 2.05) is 9.80 Å². The summed E-state index contributed by atoms with van der Waals surface area (Å²) in [7, 11) is 0. The minimum Gasteiger partial charge on any atom is -0.381 e. The van der Waals surface area contributed by atoms with Crippen LogP contribution in [0, 0.1) is 5.92 Å². The van der Waals surface area contributed by atoms with Crippen LogP contribution in [0.1, 0.15) is 46.5 Å². The maximum absolute atomic E-state index is 12.8. The average Bonchev–Trinajstić information content (AvgIpc) is 2.98. The van der Waals surface area contributed by atoms with Crippen molar-refractivity contribution in [2.24, 2.45) is 5.92 Å². The van der Waals surface area contributed by atoms with Gasteiger partial charge in [0.25, 0.3) is 0 Å². The second-order valence-electron chi connectivity index (χ2n) is 7.07. The van der Waals surface area contributed by atoms with Gasteiger partial charge >= 0.3 is 6.03 Å². The van der Waals surface area contributed by atoms with Crippen molar-refractivity contribution in [3.05, 3.63) is 0 Å². The van der Waals surface area contributed by atoms with Crippen molar-refractivity contribution in [2.45, 2.75) is 58.5 Å². The molecule has 2 aliphatic rings. The van der Waals surface area contributed by atoms with Crippen molar-refractivity contribution in [2.75, 3.05) is 32.8 Å². The molecule has 2 heterocycles. The maximum atomic E-state index is 12.8. The molecule has 0 aliphatic carbocycles. The molecule has 1 atom stereocenters. The van der Waals surface area contributed by atoms with Crippen molar-refractivity contribution < 1.29 is 14.3 Å². The highest BCUT2D eigenvalue weighted by Crippen LogP contribution is 2.23. The lowest BCUT2D eigenvalue weighted by Crippen LogP contribution is -2.54. The highest BCUT2D eigenvalue weighted by atomic mass is 16.5. The molecule has 23 heavy (non-hydrogen) atoms. The first-order valence-corrected chi connectivity index (χ1v) is 8.88. The van der Waals surface area contributed by atoms with Gasteiger partial charge in [-0.25, -0.2) is 4.79 Å². The van der Waals surface area contributed by atoms with E-state index in [2.05, 4.69) is 19.2 Å². The van der Waals surface area contributed by atoms with Crippen molar-refractivity contribution >= 4 is 11.9 Å². The van der Waals surface area contributed by atoms with E-state index in [4.69, 9.17) is 4.74 Å². The van der Waals surface area contributed by atoms with Gasteiger partial charge in [-0.05, 0) is 31.6 Å². The van der Waals surface area contributed by atoms with Gasteiger partial charge in [0.05, 0.1) is 6.04 Å². The van der Waals surface area contributed by atoms with Gasteiger partial charge in [-0.15, -0.1) is 0 Å². The number of urea groups is 1. The van der Waals surface area contributed by atoms with E-state index in [1.54, 1.807) is 6.92 Å². The largest absolute Gasteiger partial charge is 0.381 e. The quantitative estimate of drug-likeness (QED) is 0.839. The number of hydrogen-bond acceptors (Lipinski definition) is 3. The van der Waals surface area contributed by atoms with Crippen molar-refractivity contribution in [3.8, 4) is 0 Å². The molecular weight excluding hydrogens is 294 g/mol. The predicted octanol–water partition coefficient (Wildman–Crippen LogP) is 1.84. The molecule has 0 radical (unpaired) electrons. The van der Waals surface area contributed by atoms with Crippen LogP contribution in [0.15, 0.2) is 0 Å². The molecular formula is C17H31N3O3. The highest BCUT2D eigenvalue weighted by Gasteiger charge is 2.36. The number of ether oxygens (including phenoxy) is 1. The molecule has 0 aromatic rings. The lowest BCUT2D eigenvalue weighted by Gasteiger charge is -2.38. The van der Waals surface area contributed by atoms with Crippen LogP contribution in [0.3, 0.4) is 0 Å². The van der Waals surface area contributed by atoms with Gasteiger partial charge in [0, 0.05) is 45.8 Å². The molecule has 0 aromatic heterocycles. The minimum absolute atomic E-state index is 0.0213. The molecule has 3 amide bonds. The number of carbonyl (C=O) groups is 2. The van der Waals surface area contributed by atoms with Crippen LogP contribution in [-0.4, -0.2) is 66.7 Å². The van der Waals surface area contributed by atoms with Gasteiger partial charge in [-0.1, -0.05) is 13.8 Å². The second kappa shape index (κ2) is 8.52. The summed E-state index contributed by atoms with van der Waals surface area (Å²) in [5.74, 6) is 0.672. The Bertz CT molecular complexity index is 408. The summed E-state index contributed by atoms with van der Waals surface area (Å²) in [5.41, 5.74) is 0. The summed E-state index contributed by atoms with van der Waals surface area (Å²) in [5, 5.41) is 3.08. The Morgan fingerprint density at radius 2 is 1.91 bits per heavy atom. The Labute approximate surface area is 139 Å². The number of nitrogens with one attached hydrogen (secondary N) is 1. The zero-order valence-corrected chi connectivity index (χ0v) is 14.7. The Morgan fingerprint density at radius 3 is 2.48 bits per heavy atom. The van der Waals surface area contributed by atoms with E-state index in [1.165, 1.54) is 0 Å². The molecule has 6 heteroatoms. The first-order valence-electron chi connectivity index (χ1n) is 8.88. The zero-order valence-electron chi connectivity index (χ0n) is 14.7. The van der Waals surface area contributed by atoms with E-state index in [9.17, 15) is 9.59 Å². The average molecular weight is 325 g/mol. The molecule has 2 saturated heterocycles. The molecule has 0 saturated carbocycles. The maximum Gasteiger partial charge on any atom is 0.317 e. The summed E-state index contributed by atoms with van der Waals surface area (Å²) in [6.07, 6.45) is 3.62. The number of likely N-dealkylation sites (tertiary alicyclic amines) is 1. The molecule has 1 N–H and O–H groups in total. The molecule has 0 spiro atoms. The van der Waals surface area contributed by atoms with E-state index < -0.39 is 0 Å². The molecule has 2 aliphatic heterocycles. The first-order chi connectivity index (χ1) is 11.0. The van der Waals surface area contributed by atoms with Crippen molar-refractivity contribution in [1.82, 2.24) is 15.1 Å². The van der Waals surface area contributed by atoms with E-state index in [0.29, 0.717) is 32.2 Å². The summed E-state index contributed by atoms with van der Waals surface area (Å²) in [6.45, 7) is 9.45. The van der Waals surface area contributed by atoms with Gasteiger partial charge in [0.15, 0.2) is 0 Å². The van der Waals surface area contributed by atoms with Crippen molar-refractivity contribution in [3.63, 3.8) is 0 Å². The van der Waals surface area contributed by atoms with E-state index >= 15 is 0 Å². The van der Waals surface area contributed by atoms with Crippen LogP contribution < -0.4 is 5.32 Å². The summed E-state index contributed by atoms with van der Waals surface area (Å²) in [6, 6.07) is 0.369. The molecule has 0 aromatic carbocycles.